The summed E-state index contributed by atoms with van der Waals surface area (Å²) in [6.45, 7) is 1.96. The zero-order valence-corrected chi connectivity index (χ0v) is 9.93. The first-order valence-electron chi connectivity index (χ1n) is 6.51. The van der Waals surface area contributed by atoms with Crippen molar-refractivity contribution in [1.29, 1.82) is 0 Å². The fourth-order valence-electron chi connectivity index (χ4n) is 2.71. The van der Waals surface area contributed by atoms with Crippen molar-refractivity contribution >= 4 is 5.91 Å². The molecule has 0 radical (unpaired) electrons. The number of nitrogens with one attached hydrogen (secondary N) is 2. The van der Waals surface area contributed by atoms with Gasteiger partial charge in [-0.2, -0.15) is 0 Å². The van der Waals surface area contributed by atoms with Gasteiger partial charge in [-0.1, -0.05) is 19.3 Å². The highest BCUT2D eigenvalue weighted by Gasteiger charge is 2.36. The molecule has 0 spiro atoms. The first kappa shape index (κ1) is 11.9. The Morgan fingerprint density at radius 3 is 2.62 bits per heavy atom. The normalized spacial score (nSPS) is 29.7. The lowest BCUT2D eigenvalue weighted by Gasteiger charge is -2.34. The second-order valence-electron chi connectivity index (χ2n) is 5.23. The number of carbonyl (C=O) groups excluding carboxylic acids is 1. The monoisotopic (exact) mass is 225 g/mol. The molecule has 1 amide bonds. The van der Waals surface area contributed by atoms with Crippen LogP contribution in [0, 0.1) is 0 Å². The molecule has 0 aromatic heterocycles. The van der Waals surface area contributed by atoms with Gasteiger partial charge in [0.1, 0.15) is 0 Å². The number of piperidine rings is 1. The van der Waals surface area contributed by atoms with Crippen LogP contribution in [0.5, 0.6) is 0 Å². The van der Waals surface area contributed by atoms with Gasteiger partial charge in [0.15, 0.2) is 0 Å². The summed E-state index contributed by atoms with van der Waals surface area (Å²) in [7, 11) is 0. The van der Waals surface area contributed by atoms with Gasteiger partial charge in [0.2, 0.25) is 5.91 Å². The molecule has 2 fully saturated rings. The van der Waals surface area contributed by atoms with E-state index in [4.69, 9.17) is 5.73 Å². The predicted octanol–water partition coefficient (Wildman–Crippen LogP) is 0.516. The van der Waals surface area contributed by atoms with Gasteiger partial charge in [0, 0.05) is 12.6 Å². The van der Waals surface area contributed by atoms with E-state index >= 15 is 0 Å². The second kappa shape index (κ2) is 5.15. The molecule has 16 heavy (non-hydrogen) atoms. The molecule has 0 bridgehead atoms. The number of amides is 1. The van der Waals surface area contributed by atoms with E-state index in [0.29, 0.717) is 0 Å². The van der Waals surface area contributed by atoms with Crippen LogP contribution in [0.25, 0.3) is 0 Å². The molecular formula is C12H23N3O. The third-order valence-electron chi connectivity index (χ3n) is 3.83. The first-order valence-corrected chi connectivity index (χ1v) is 6.51. The van der Waals surface area contributed by atoms with Gasteiger partial charge >= 0.3 is 0 Å². The smallest absolute Gasteiger partial charge is 0.240 e. The van der Waals surface area contributed by atoms with E-state index < -0.39 is 5.54 Å². The Balaban J connectivity index is 1.85. The highest BCUT2D eigenvalue weighted by Crippen LogP contribution is 2.26. The molecule has 92 valence electrons. The van der Waals surface area contributed by atoms with Gasteiger partial charge in [-0.05, 0) is 32.2 Å². The van der Waals surface area contributed by atoms with E-state index in [1.54, 1.807) is 0 Å². The maximum Gasteiger partial charge on any atom is 0.240 e. The number of nitrogens with two attached hydrogens (primary N) is 1. The molecule has 0 aromatic rings. The third-order valence-corrected chi connectivity index (χ3v) is 3.83. The minimum Gasteiger partial charge on any atom is -0.350 e. The van der Waals surface area contributed by atoms with E-state index in [1.807, 2.05) is 0 Å². The van der Waals surface area contributed by atoms with Gasteiger partial charge < -0.3 is 16.4 Å². The molecular weight excluding hydrogens is 202 g/mol. The van der Waals surface area contributed by atoms with Crippen LogP contribution >= 0.6 is 0 Å². The van der Waals surface area contributed by atoms with Crippen molar-refractivity contribution < 1.29 is 4.79 Å². The van der Waals surface area contributed by atoms with Crippen LogP contribution in [-0.2, 0) is 4.79 Å². The van der Waals surface area contributed by atoms with Gasteiger partial charge in [-0.25, -0.2) is 0 Å². The summed E-state index contributed by atoms with van der Waals surface area (Å²) < 4.78 is 0. The van der Waals surface area contributed by atoms with Crippen LogP contribution in [0.4, 0.5) is 0 Å². The minimum absolute atomic E-state index is 0.0703. The first-order chi connectivity index (χ1) is 7.71. The summed E-state index contributed by atoms with van der Waals surface area (Å²) >= 11 is 0. The summed E-state index contributed by atoms with van der Waals surface area (Å²) in [6, 6.07) is 0.281. The van der Waals surface area contributed by atoms with Crippen LogP contribution in [0.1, 0.15) is 44.9 Å². The lowest BCUT2D eigenvalue weighted by molar-refractivity contribution is -0.128. The van der Waals surface area contributed by atoms with Crippen molar-refractivity contribution in [2.24, 2.45) is 5.73 Å². The summed E-state index contributed by atoms with van der Waals surface area (Å²) in [4.78, 5) is 12.1. The van der Waals surface area contributed by atoms with Crippen LogP contribution in [0.3, 0.4) is 0 Å². The predicted molar refractivity (Wildman–Crippen MR) is 64.0 cm³/mol. The van der Waals surface area contributed by atoms with E-state index in [2.05, 4.69) is 10.6 Å². The maximum absolute atomic E-state index is 12.1. The van der Waals surface area contributed by atoms with Crippen molar-refractivity contribution in [3.8, 4) is 0 Å². The highest BCUT2D eigenvalue weighted by molar-refractivity contribution is 5.86. The largest absolute Gasteiger partial charge is 0.350 e. The molecule has 4 N–H and O–H groups in total. The molecule has 2 aliphatic rings. The Morgan fingerprint density at radius 1 is 1.25 bits per heavy atom. The molecule has 1 unspecified atom stereocenters. The zero-order chi connectivity index (χ0) is 11.4. The Morgan fingerprint density at radius 2 is 2.00 bits per heavy atom. The summed E-state index contributed by atoms with van der Waals surface area (Å²) in [6.07, 6.45) is 7.31. The Hall–Kier alpha value is -0.610. The van der Waals surface area contributed by atoms with E-state index in [0.717, 1.165) is 51.6 Å². The Bertz CT molecular complexity index is 243. The van der Waals surface area contributed by atoms with Crippen molar-refractivity contribution in [3.05, 3.63) is 0 Å². The summed E-state index contributed by atoms with van der Waals surface area (Å²) in [5.41, 5.74) is 5.60. The van der Waals surface area contributed by atoms with Crippen LogP contribution in [0.2, 0.25) is 0 Å². The summed E-state index contributed by atoms with van der Waals surface area (Å²) in [5.74, 6) is 0.0703. The summed E-state index contributed by atoms with van der Waals surface area (Å²) in [5, 5.41) is 6.40. The maximum atomic E-state index is 12.1. The van der Waals surface area contributed by atoms with Crippen molar-refractivity contribution in [1.82, 2.24) is 10.6 Å². The quantitative estimate of drug-likeness (QED) is 0.641. The fraction of sp³-hybridized carbons (Fsp3) is 0.917. The number of carbonyl (C=O) groups is 1. The van der Waals surface area contributed by atoms with Gasteiger partial charge in [0.05, 0.1) is 5.54 Å². The van der Waals surface area contributed by atoms with E-state index in [1.165, 1.54) is 6.42 Å². The SMILES string of the molecule is NC1(C(=O)NC2CCCNC2)CCCCC1. The lowest BCUT2D eigenvalue weighted by Crippen LogP contribution is -2.59. The Kier molecular flexibility index (Phi) is 3.82. The van der Waals surface area contributed by atoms with E-state index in [-0.39, 0.29) is 11.9 Å². The molecule has 2 rings (SSSR count). The second-order valence-corrected chi connectivity index (χ2v) is 5.23. The lowest BCUT2D eigenvalue weighted by atomic mass is 9.81. The van der Waals surface area contributed by atoms with Crippen molar-refractivity contribution in [2.45, 2.75) is 56.5 Å². The topological polar surface area (TPSA) is 67.2 Å². The third kappa shape index (κ3) is 2.74. The number of hydrogen-bond acceptors (Lipinski definition) is 3. The Labute approximate surface area is 97.3 Å². The van der Waals surface area contributed by atoms with Gasteiger partial charge in [0.25, 0.3) is 0 Å². The van der Waals surface area contributed by atoms with Gasteiger partial charge in [-0.3, -0.25) is 4.79 Å². The van der Waals surface area contributed by atoms with Crippen LogP contribution < -0.4 is 16.4 Å². The standard InChI is InChI=1S/C12H23N3O/c13-12(6-2-1-3-7-12)11(16)15-10-5-4-8-14-9-10/h10,14H,1-9,13H2,(H,15,16). The molecule has 0 aromatic carbocycles. The van der Waals surface area contributed by atoms with Crippen LogP contribution in [-0.4, -0.2) is 30.6 Å². The van der Waals surface area contributed by atoms with Gasteiger partial charge in [-0.15, -0.1) is 0 Å². The minimum atomic E-state index is -0.588. The molecule has 4 nitrogen and oxygen atoms in total. The molecule has 1 saturated carbocycles. The number of rotatable bonds is 2. The average Bonchev–Trinajstić information content (AvgIpc) is 2.31. The molecule has 4 heteroatoms. The van der Waals surface area contributed by atoms with E-state index in [9.17, 15) is 4.79 Å². The van der Waals surface area contributed by atoms with Crippen molar-refractivity contribution in [3.63, 3.8) is 0 Å². The molecule has 1 saturated heterocycles. The van der Waals surface area contributed by atoms with Crippen LogP contribution in [0.15, 0.2) is 0 Å². The highest BCUT2D eigenvalue weighted by atomic mass is 16.2. The molecule has 1 heterocycles. The molecule has 1 atom stereocenters. The van der Waals surface area contributed by atoms with Crippen molar-refractivity contribution in [2.75, 3.05) is 13.1 Å². The molecule has 1 aliphatic carbocycles. The number of hydrogen-bond donors (Lipinski definition) is 3. The average molecular weight is 225 g/mol. The fourth-order valence-corrected chi connectivity index (χ4v) is 2.71. The zero-order valence-electron chi connectivity index (χ0n) is 9.93. The molecule has 1 aliphatic heterocycles.